The molecule has 1 amide bonds. The number of aliphatic hydroxyl groups is 1. The van der Waals surface area contributed by atoms with E-state index in [1.54, 1.807) is 0 Å². The van der Waals surface area contributed by atoms with Gasteiger partial charge in [-0.1, -0.05) is 12.1 Å². The fraction of sp³-hybridized carbons (Fsp3) is 0.619. The molecule has 1 heterocycles. The van der Waals surface area contributed by atoms with E-state index in [1.165, 1.54) is 12.0 Å². The van der Waals surface area contributed by atoms with Gasteiger partial charge in [-0.05, 0) is 61.1 Å². The maximum absolute atomic E-state index is 11.6. The normalized spacial score (nSPS) is 33.3. The molecule has 1 aliphatic heterocycles. The Balaban J connectivity index is 1.35. The number of likely N-dealkylation sites (tertiary alicyclic amines) is 1. The lowest BCUT2D eigenvalue weighted by Gasteiger charge is -2.35. The molecule has 4 rings (SSSR count). The molecule has 0 spiro atoms. The van der Waals surface area contributed by atoms with E-state index in [9.17, 15) is 9.90 Å². The monoisotopic (exact) mass is 353 g/mol. The Morgan fingerprint density at radius 3 is 3.00 bits per heavy atom. The van der Waals surface area contributed by atoms with Crippen molar-refractivity contribution >= 4 is 6.41 Å². The van der Waals surface area contributed by atoms with E-state index >= 15 is 0 Å². The van der Waals surface area contributed by atoms with Crippen LogP contribution in [-0.2, 0) is 10.2 Å². The smallest absolute Gasteiger partial charge is 0.209 e. The number of benzene rings is 1. The zero-order valence-electron chi connectivity index (χ0n) is 15.2. The van der Waals surface area contributed by atoms with Crippen LogP contribution in [0.2, 0.25) is 0 Å². The highest BCUT2D eigenvalue weighted by atomic mass is 16.3. The van der Waals surface area contributed by atoms with Crippen molar-refractivity contribution in [2.45, 2.75) is 49.7 Å². The van der Waals surface area contributed by atoms with Crippen LogP contribution < -0.4 is 0 Å². The molecule has 26 heavy (non-hydrogen) atoms. The Bertz CT molecular complexity index is 715. The summed E-state index contributed by atoms with van der Waals surface area (Å²) < 4.78 is 0. The molecule has 0 aromatic heterocycles. The van der Waals surface area contributed by atoms with Gasteiger partial charge in [-0.25, -0.2) is 0 Å². The number of nitrogens with zero attached hydrogens (tertiary/aromatic N) is 3. The molecule has 5 nitrogen and oxygen atoms in total. The molecular formula is C21H27N3O2. The molecule has 4 atom stereocenters. The van der Waals surface area contributed by atoms with Crippen molar-refractivity contribution in [2.75, 3.05) is 26.2 Å². The number of hydrogen-bond donors (Lipinski definition) is 1. The highest BCUT2D eigenvalue weighted by Crippen LogP contribution is 2.62. The van der Waals surface area contributed by atoms with Crippen molar-refractivity contribution in [3.05, 3.63) is 35.4 Å². The Morgan fingerprint density at radius 2 is 2.31 bits per heavy atom. The maximum atomic E-state index is 11.6. The van der Waals surface area contributed by atoms with Crippen LogP contribution in [0.3, 0.4) is 0 Å². The van der Waals surface area contributed by atoms with Gasteiger partial charge in [0.05, 0.1) is 17.7 Å². The molecule has 0 radical (unpaired) electrons. The van der Waals surface area contributed by atoms with Gasteiger partial charge < -0.3 is 10.0 Å². The van der Waals surface area contributed by atoms with E-state index < -0.39 is 0 Å². The second kappa shape index (κ2) is 7.02. The van der Waals surface area contributed by atoms with Gasteiger partial charge in [-0.15, -0.1) is 0 Å². The number of β-amino-alcohol motifs (C(OH)–C–C–N with tert-alkyl or cyclic N) is 1. The van der Waals surface area contributed by atoms with Crippen LogP contribution in [0.1, 0.15) is 43.2 Å². The van der Waals surface area contributed by atoms with Crippen LogP contribution in [0, 0.1) is 17.2 Å². The molecule has 2 aliphatic carbocycles. The first-order valence-electron chi connectivity index (χ1n) is 9.77. The van der Waals surface area contributed by atoms with Crippen molar-refractivity contribution < 1.29 is 9.90 Å². The lowest BCUT2D eigenvalue weighted by molar-refractivity contribution is -0.121. The molecule has 1 aromatic rings. The molecule has 138 valence electrons. The zero-order valence-corrected chi connectivity index (χ0v) is 15.2. The summed E-state index contributed by atoms with van der Waals surface area (Å²) >= 11 is 0. The number of aliphatic hydroxyl groups excluding tert-OH is 1. The van der Waals surface area contributed by atoms with Crippen molar-refractivity contribution in [1.82, 2.24) is 9.80 Å². The molecule has 1 N–H and O–H groups in total. The van der Waals surface area contributed by atoms with Gasteiger partial charge in [0.15, 0.2) is 0 Å². The number of carbonyl (C=O) groups is 1. The van der Waals surface area contributed by atoms with Gasteiger partial charge in [-0.3, -0.25) is 9.69 Å². The number of rotatable bonds is 6. The molecule has 1 saturated heterocycles. The average molecular weight is 353 g/mol. The Hall–Kier alpha value is -1.90. The summed E-state index contributed by atoms with van der Waals surface area (Å²) in [4.78, 5) is 15.9. The first kappa shape index (κ1) is 17.5. The van der Waals surface area contributed by atoms with E-state index in [-0.39, 0.29) is 11.5 Å². The minimum Gasteiger partial charge on any atom is -0.392 e. The standard InChI is InChI=1S/C21H27N3O2/c22-13-16-2-1-3-17(10-16)21-6-4-19(11-18(21)12-21)24(15-25)9-8-23-7-5-20(26)14-23/h1-3,10,15,18-20,26H,4-9,11-12,14H2. The molecule has 5 heteroatoms. The summed E-state index contributed by atoms with van der Waals surface area (Å²) in [5, 5.41) is 18.8. The molecule has 3 fully saturated rings. The lowest BCUT2D eigenvalue weighted by atomic mass is 9.80. The second-order valence-corrected chi connectivity index (χ2v) is 8.26. The SMILES string of the molecule is N#Cc1cccc(C23CCC(N(C=O)CCN4CCC(O)C4)CC2C3)c1. The van der Waals surface area contributed by atoms with Crippen LogP contribution in [-0.4, -0.2) is 59.6 Å². The minimum atomic E-state index is -0.203. The van der Waals surface area contributed by atoms with Crippen LogP contribution in [0.5, 0.6) is 0 Å². The van der Waals surface area contributed by atoms with Crippen LogP contribution in [0.15, 0.2) is 24.3 Å². The number of fused-ring (bicyclic) bond motifs is 1. The summed E-state index contributed by atoms with van der Waals surface area (Å²) in [5.74, 6) is 0.631. The molecular weight excluding hydrogens is 326 g/mol. The van der Waals surface area contributed by atoms with E-state index in [1.807, 2.05) is 17.0 Å². The summed E-state index contributed by atoms with van der Waals surface area (Å²) in [6.07, 6.45) is 6.05. The van der Waals surface area contributed by atoms with Crippen molar-refractivity contribution in [3.8, 4) is 6.07 Å². The highest BCUT2D eigenvalue weighted by Gasteiger charge is 2.58. The summed E-state index contributed by atoms with van der Waals surface area (Å²) in [7, 11) is 0. The minimum absolute atomic E-state index is 0.203. The lowest BCUT2D eigenvalue weighted by Crippen LogP contribution is -2.42. The van der Waals surface area contributed by atoms with Crippen LogP contribution >= 0.6 is 0 Å². The largest absolute Gasteiger partial charge is 0.392 e. The van der Waals surface area contributed by atoms with Gasteiger partial charge in [0, 0.05) is 32.2 Å². The Morgan fingerprint density at radius 1 is 1.42 bits per heavy atom. The van der Waals surface area contributed by atoms with Gasteiger partial charge in [0.2, 0.25) is 6.41 Å². The van der Waals surface area contributed by atoms with E-state index in [2.05, 4.69) is 23.1 Å². The van der Waals surface area contributed by atoms with Gasteiger partial charge >= 0.3 is 0 Å². The Kier molecular flexibility index (Phi) is 4.73. The van der Waals surface area contributed by atoms with E-state index in [0.717, 1.165) is 63.8 Å². The molecule has 4 unspecified atom stereocenters. The average Bonchev–Trinajstić information content (AvgIpc) is 3.28. The first-order chi connectivity index (χ1) is 12.6. The molecule has 2 saturated carbocycles. The second-order valence-electron chi connectivity index (χ2n) is 8.26. The van der Waals surface area contributed by atoms with E-state index in [4.69, 9.17) is 5.26 Å². The topological polar surface area (TPSA) is 67.6 Å². The first-order valence-corrected chi connectivity index (χ1v) is 9.77. The van der Waals surface area contributed by atoms with E-state index in [0.29, 0.717) is 12.0 Å². The maximum Gasteiger partial charge on any atom is 0.209 e. The van der Waals surface area contributed by atoms with Gasteiger partial charge in [0.1, 0.15) is 0 Å². The van der Waals surface area contributed by atoms with Gasteiger partial charge in [-0.2, -0.15) is 5.26 Å². The number of nitriles is 1. The number of carbonyl (C=O) groups excluding carboxylic acids is 1. The fourth-order valence-electron chi connectivity index (χ4n) is 5.16. The Labute approximate surface area is 155 Å². The van der Waals surface area contributed by atoms with Crippen molar-refractivity contribution in [3.63, 3.8) is 0 Å². The summed E-state index contributed by atoms with van der Waals surface area (Å²) in [6, 6.07) is 10.7. The summed E-state index contributed by atoms with van der Waals surface area (Å²) in [5.41, 5.74) is 2.30. The predicted octanol–water partition coefficient (Wildman–Crippen LogP) is 1.89. The third-order valence-electron chi connectivity index (χ3n) is 6.81. The van der Waals surface area contributed by atoms with Crippen LogP contribution in [0.25, 0.3) is 0 Å². The third-order valence-corrected chi connectivity index (χ3v) is 6.81. The fourth-order valence-corrected chi connectivity index (χ4v) is 5.16. The zero-order chi connectivity index (χ0) is 18.1. The van der Waals surface area contributed by atoms with Crippen LogP contribution in [0.4, 0.5) is 0 Å². The van der Waals surface area contributed by atoms with Crippen molar-refractivity contribution in [1.29, 1.82) is 5.26 Å². The predicted molar refractivity (Wildman–Crippen MR) is 98.4 cm³/mol. The third kappa shape index (κ3) is 3.24. The molecule has 3 aliphatic rings. The highest BCUT2D eigenvalue weighted by molar-refractivity contribution is 5.48. The summed E-state index contributed by atoms with van der Waals surface area (Å²) in [6.45, 7) is 3.27. The van der Waals surface area contributed by atoms with Crippen molar-refractivity contribution in [2.24, 2.45) is 5.92 Å². The number of hydrogen-bond acceptors (Lipinski definition) is 4. The number of amides is 1. The molecule has 1 aromatic carbocycles. The van der Waals surface area contributed by atoms with Gasteiger partial charge in [0.25, 0.3) is 0 Å². The molecule has 0 bridgehead atoms. The quantitative estimate of drug-likeness (QED) is 0.793.